The molecule has 0 spiro atoms. The molecule has 0 aromatic carbocycles. The van der Waals surface area contributed by atoms with E-state index in [1.807, 2.05) is 4.57 Å². The molecule has 0 bridgehead atoms. The zero-order chi connectivity index (χ0) is 15.5. The lowest BCUT2D eigenvalue weighted by Gasteiger charge is -2.21. The molecule has 5 unspecified atom stereocenters. The van der Waals surface area contributed by atoms with E-state index in [1.165, 1.54) is 6.33 Å². The third-order valence-corrected chi connectivity index (χ3v) is 5.42. The van der Waals surface area contributed by atoms with Gasteiger partial charge < -0.3 is 25.0 Å². The highest BCUT2D eigenvalue weighted by Gasteiger charge is 2.78. The van der Waals surface area contributed by atoms with Gasteiger partial charge in [0.05, 0.1) is 30.7 Å². The fourth-order valence-electron chi connectivity index (χ4n) is 4.00. The molecule has 2 aliphatic carbocycles. The second-order valence-corrected chi connectivity index (χ2v) is 6.56. The zero-order valence-electron chi connectivity index (χ0n) is 11.6. The molecule has 22 heavy (non-hydrogen) atoms. The van der Waals surface area contributed by atoms with Crippen molar-refractivity contribution in [3.8, 4) is 0 Å². The number of aliphatic hydroxyl groups excluding tert-OH is 2. The van der Waals surface area contributed by atoms with Gasteiger partial charge in [-0.2, -0.15) is 0 Å². The average molecular weight is 325 g/mol. The van der Waals surface area contributed by atoms with Gasteiger partial charge in [-0.05, 0) is 6.42 Å². The van der Waals surface area contributed by atoms with Gasteiger partial charge >= 0.3 is 0 Å². The Labute approximate surface area is 126 Å². The van der Waals surface area contributed by atoms with Crippen LogP contribution >= 0.6 is 8.69 Å². The normalized spacial score (nSPS) is 37.2. The number of hydrogen-bond donors (Lipinski definition) is 3. The number of hydrogen-bond acceptors (Lipinski definition) is 8. The second-order valence-electron chi connectivity index (χ2n) is 6.03. The summed E-state index contributed by atoms with van der Waals surface area (Å²) in [5.41, 5.74) is 5.64. The van der Waals surface area contributed by atoms with E-state index in [2.05, 4.69) is 15.0 Å². The third-order valence-electron chi connectivity index (χ3n) is 5.12. The second kappa shape index (κ2) is 4.48. The number of fused-ring (bicyclic) bond motifs is 2. The fraction of sp³-hybridized carbons (Fsp3) is 0.583. The zero-order valence-corrected chi connectivity index (χ0v) is 12.7. The first-order valence-electron chi connectivity index (χ1n) is 6.91. The van der Waals surface area contributed by atoms with Crippen molar-refractivity contribution >= 4 is 25.7 Å². The van der Waals surface area contributed by atoms with Crippen molar-refractivity contribution in [1.82, 2.24) is 19.5 Å². The highest BCUT2D eigenvalue weighted by atomic mass is 31.1. The van der Waals surface area contributed by atoms with Crippen LogP contribution in [0.5, 0.6) is 0 Å². The van der Waals surface area contributed by atoms with E-state index in [4.69, 9.17) is 10.3 Å². The maximum atomic E-state index is 10.7. The van der Waals surface area contributed by atoms with Gasteiger partial charge in [-0.3, -0.25) is 4.57 Å². The van der Waals surface area contributed by atoms with Crippen LogP contribution in [-0.2, 0) is 14.6 Å². The molecule has 2 heterocycles. The highest BCUT2D eigenvalue weighted by molar-refractivity contribution is 7.17. The van der Waals surface area contributed by atoms with Gasteiger partial charge in [0.25, 0.3) is 0 Å². The molecular weight excluding hydrogens is 309 g/mol. The van der Waals surface area contributed by atoms with Crippen LogP contribution in [-0.4, -0.2) is 48.5 Å². The summed E-state index contributed by atoms with van der Waals surface area (Å²) in [4.78, 5) is 12.4. The lowest BCUT2D eigenvalue weighted by atomic mass is 10.00. The summed E-state index contributed by atoms with van der Waals surface area (Å²) in [6.45, 7) is 0.129. The smallest absolute Gasteiger partial charge is 0.179 e. The summed E-state index contributed by atoms with van der Waals surface area (Å²) >= 11 is 0. The van der Waals surface area contributed by atoms with Crippen LogP contribution < -0.4 is 5.73 Å². The fourth-order valence-corrected chi connectivity index (χ4v) is 4.37. The molecule has 2 fully saturated rings. The molecule has 2 aromatic heterocycles. The minimum atomic E-state index is -1.37. The van der Waals surface area contributed by atoms with E-state index in [1.54, 1.807) is 6.33 Å². The Balaban J connectivity index is 1.84. The van der Waals surface area contributed by atoms with Crippen LogP contribution in [0.15, 0.2) is 12.7 Å². The predicted molar refractivity (Wildman–Crippen MR) is 77.7 cm³/mol. The monoisotopic (exact) mass is 325 g/mol. The Kier molecular flexibility index (Phi) is 2.87. The summed E-state index contributed by atoms with van der Waals surface area (Å²) in [7, 11) is -1.37. The first-order chi connectivity index (χ1) is 10.6. The van der Waals surface area contributed by atoms with E-state index in [0.717, 1.165) is 0 Å². The van der Waals surface area contributed by atoms with Crippen molar-refractivity contribution in [3.63, 3.8) is 0 Å². The van der Waals surface area contributed by atoms with E-state index in [-0.39, 0.29) is 12.4 Å². The molecule has 4 N–H and O–H groups in total. The summed E-state index contributed by atoms with van der Waals surface area (Å²) < 4.78 is 17.7. The van der Waals surface area contributed by atoms with E-state index in [9.17, 15) is 14.8 Å². The topological polar surface area (TPSA) is 136 Å². The lowest BCUT2D eigenvalue weighted by Crippen LogP contribution is -2.33. The number of anilines is 1. The molecule has 4 rings (SSSR count). The van der Waals surface area contributed by atoms with Crippen molar-refractivity contribution in [2.24, 2.45) is 5.41 Å². The van der Waals surface area contributed by atoms with E-state index in [0.29, 0.717) is 24.0 Å². The molecule has 0 radical (unpaired) electrons. The summed E-state index contributed by atoms with van der Waals surface area (Å²) in [6.07, 6.45) is 2.13. The number of imidazole rings is 1. The summed E-state index contributed by atoms with van der Waals surface area (Å²) in [5.74, 6) is 0.283. The van der Waals surface area contributed by atoms with Crippen LogP contribution in [0.25, 0.3) is 11.2 Å². The molecule has 118 valence electrons. The van der Waals surface area contributed by atoms with Crippen LogP contribution in [0, 0.1) is 5.41 Å². The minimum absolute atomic E-state index is 0.129. The SMILES string of the molecule is Nc1ncnc2c1ncn2C12CC(O)C(O)C1(CO[PH2]=O)C2. The van der Waals surface area contributed by atoms with Crippen molar-refractivity contribution in [2.75, 3.05) is 12.3 Å². The minimum Gasteiger partial charge on any atom is -0.390 e. The van der Waals surface area contributed by atoms with Gasteiger partial charge in [0.2, 0.25) is 0 Å². The molecule has 10 heteroatoms. The molecule has 5 atom stereocenters. The Hall–Kier alpha value is -1.54. The average Bonchev–Trinajstić information content (AvgIpc) is 2.84. The molecule has 2 saturated carbocycles. The Morgan fingerprint density at radius 1 is 1.45 bits per heavy atom. The molecule has 0 saturated heterocycles. The quantitative estimate of drug-likeness (QED) is 0.628. The van der Waals surface area contributed by atoms with Gasteiger partial charge in [0, 0.05) is 11.8 Å². The van der Waals surface area contributed by atoms with Gasteiger partial charge in [-0.25, -0.2) is 15.0 Å². The van der Waals surface area contributed by atoms with Gasteiger partial charge in [0.15, 0.2) is 20.2 Å². The van der Waals surface area contributed by atoms with Crippen molar-refractivity contribution in [3.05, 3.63) is 12.7 Å². The molecule has 0 aliphatic heterocycles. The van der Waals surface area contributed by atoms with Crippen LogP contribution in [0.3, 0.4) is 0 Å². The highest BCUT2D eigenvalue weighted by Crippen LogP contribution is 2.71. The number of nitrogens with two attached hydrogens (primary N) is 1. The van der Waals surface area contributed by atoms with Gasteiger partial charge in [-0.1, -0.05) is 0 Å². The molecule has 9 nitrogen and oxygen atoms in total. The number of aromatic nitrogens is 4. The van der Waals surface area contributed by atoms with E-state index < -0.39 is 31.8 Å². The third kappa shape index (κ3) is 1.54. The first-order valence-corrected chi connectivity index (χ1v) is 7.85. The van der Waals surface area contributed by atoms with Crippen LogP contribution in [0.1, 0.15) is 12.8 Å². The van der Waals surface area contributed by atoms with Crippen molar-refractivity contribution < 1.29 is 19.3 Å². The molecule has 2 aliphatic rings. The standard InChI is InChI=1S/C12H16N5O4P/c13-9-7-10(15-4-14-9)17(5-16-7)12-1-6(18)8(19)11(12,2-12)3-21-22-20/h4-6,8,18-19H,1-3,22H2,(H2,13,14,15). The largest absolute Gasteiger partial charge is 0.390 e. The number of nitrogens with zero attached hydrogens (tertiary/aromatic N) is 4. The lowest BCUT2D eigenvalue weighted by molar-refractivity contribution is -0.0141. The predicted octanol–water partition coefficient (Wildman–Crippen LogP) is -0.693. The number of aliphatic hydroxyl groups is 2. The summed E-state index contributed by atoms with van der Waals surface area (Å²) in [6, 6.07) is 0. The Morgan fingerprint density at radius 3 is 3.05 bits per heavy atom. The van der Waals surface area contributed by atoms with Gasteiger partial charge in [-0.15, -0.1) is 0 Å². The molecule has 0 amide bonds. The first kappa shape index (κ1) is 14.1. The van der Waals surface area contributed by atoms with Crippen LogP contribution in [0.4, 0.5) is 5.82 Å². The van der Waals surface area contributed by atoms with E-state index >= 15 is 0 Å². The Morgan fingerprint density at radius 2 is 2.27 bits per heavy atom. The molecule has 2 aromatic rings. The van der Waals surface area contributed by atoms with Crippen molar-refractivity contribution in [1.29, 1.82) is 0 Å². The van der Waals surface area contributed by atoms with Crippen molar-refractivity contribution in [2.45, 2.75) is 30.6 Å². The number of nitrogen functional groups attached to an aromatic ring is 1. The maximum Gasteiger partial charge on any atom is 0.179 e. The number of rotatable bonds is 4. The maximum absolute atomic E-state index is 10.7. The molecular formula is C12H16N5O4P. The Bertz CT molecular complexity index is 769. The summed E-state index contributed by atoms with van der Waals surface area (Å²) in [5, 5.41) is 20.4. The van der Waals surface area contributed by atoms with Crippen LogP contribution in [0.2, 0.25) is 0 Å². The van der Waals surface area contributed by atoms with Gasteiger partial charge in [0.1, 0.15) is 11.8 Å².